The fraction of sp³-hybridized carbons (Fsp3) is 0.417. The van der Waals surface area contributed by atoms with E-state index >= 15 is 0 Å². The first-order chi connectivity index (χ1) is 8.18. The molecule has 5 heteroatoms. The van der Waals surface area contributed by atoms with Gasteiger partial charge >= 0.3 is 0 Å². The first kappa shape index (κ1) is 11.7. The van der Waals surface area contributed by atoms with Gasteiger partial charge in [0.2, 0.25) is 5.91 Å². The van der Waals surface area contributed by atoms with Crippen LogP contribution in [0.2, 0.25) is 0 Å². The molecule has 2 rings (SSSR count). The molecule has 0 saturated carbocycles. The van der Waals surface area contributed by atoms with Crippen LogP contribution in [-0.4, -0.2) is 30.4 Å². The number of likely N-dealkylation sites (tertiary alicyclic amines) is 1. The molecule has 0 unspecified atom stereocenters. The lowest BCUT2D eigenvalue weighted by molar-refractivity contribution is -0.128. The van der Waals surface area contributed by atoms with Crippen LogP contribution >= 0.6 is 0 Å². The van der Waals surface area contributed by atoms with Crippen LogP contribution in [0.5, 0.6) is 0 Å². The van der Waals surface area contributed by atoms with Gasteiger partial charge in [-0.1, -0.05) is 6.07 Å². The first-order valence-corrected chi connectivity index (χ1v) is 5.74. The van der Waals surface area contributed by atoms with E-state index in [0.717, 1.165) is 25.9 Å². The Bertz CT molecular complexity index is 416. The molecule has 4 nitrogen and oxygen atoms in total. The van der Waals surface area contributed by atoms with Crippen LogP contribution < -0.4 is 11.1 Å². The number of amides is 1. The minimum Gasteiger partial charge on any atom is -0.395 e. The van der Waals surface area contributed by atoms with Crippen molar-refractivity contribution in [3.63, 3.8) is 0 Å². The number of nitrogens with one attached hydrogen (secondary N) is 1. The van der Waals surface area contributed by atoms with Crippen LogP contribution in [0.4, 0.5) is 15.8 Å². The van der Waals surface area contributed by atoms with Crippen molar-refractivity contribution in [2.45, 2.75) is 12.8 Å². The molecule has 0 bridgehead atoms. The summed E-state index contributed by atoms with van der Waals surface area (Å²) < 4.78 is 13.1. The zero-order valence-electron chi connectivity index (χ0n) is 9.58. The third-order valence-electron chi connectivity index (χ3n) is 2.94. The topological polar surface area (TPSA) is 58.4 Å². The summed E-state index contributed by atoms with van der Waals surface area (Å²) in [6.45, 7) is 1.80. The van der Waals surface area contributed by atoms with Crippen LogP contribution in [0, 0.1) is 5.82 Å². The molecule has 1 aromatic carbocycles. The number of nitrogens with zero attached hydrogens (tertiary/aromatic N) is 1. The second-order valence-electron chi connectivity index (χ2n) is 4.14. The molecule has 1 aromatic rings. The molecule has 1 heterocycles. The molecule has 0 atom stereocenters. The van der Waals surface area contributed by atoms with Gasteiger partial charge in [-0.2, -0.15) is 0 Å². The van der Waals surface area contributed by atoms with Gasteiger partial charge < -0.3 is 16.0 Å². The molecule has 1 aliphatic rings. The Balaban J connectivity index is 1.93. The number of nitrogen functional groups attached to an aromatic ring is 1. The normalized spacial score (nSPS) is 15.0. The predicted octanol–water partition coefficient (Wildman–Crippen LogP) is 1.44. The van der Waals surface area contributed by atoms with Crippen molar-refractivity contribution in [1.82, 2.24) is 4.90 Å². The Hall–Kier alpha value is -1.78. The second kappa shape index (κ2) is 5.03. The van der Waals surface area contributed by atoms with Crippen molar-refractivity contribution in [2.75, 3.05) is 30.7 Å². The van der Waals surface area contributed by atoms with Crippen LogP contribution in [0.25, 0.3) is 0 Å². The smallest absolute Gasteiger partial charge is 0.241 e. The third-order valence-corrected chi connectivity index (χ3v) is 2.94. The van der Waals surface area contributed by atoms with E-state index in [1.807, 2.05) is 4.90 Å². The Kier molecular flexibility index (Phi) is 3.46. The van der Waals surface area contributed by atoms with Crippen LogP contribution in [0.15, 0.2) is 18.2 Å². The van der Waals surface area contributed by atoms with Gasteiger partial charge in [-0.25, -0.2) is 4.39 Å². The minimum atomic E-state index is -0.469. The number of nitrogens with two attached hydrogens (primary N) is 1. The molecule has 0 aromatic heterocycles. The molecule has 1 saturated heterocycles. The number of anilines is 2. The fourth-order valence-electron chi connectivity index (χ4n) is 1.94. The molecule has 0 aliphatic carbocycles. The average molecular weight is 237 g/mol. The quantitative estimate of drug-likeness (QED) is 0.782. The lowest BCUT2D eigenvalue weighted by atomic mass is 10.2. The predicted molar refractivity (Wildman–Crippen MR) is 65.1 cm³/mol. The van der Waals surface area contributed by atoms with E-state index in [-0.39, 0.29) is 18.1 Å². The van der Waals surface area contributed by atoms with Crippen molar-refractivity contribution in [2.24, 2.45) is 0 Å². The standard InChI is InChI=1S/C12H16FN3O/c13-9-4-3-5-10(12(9)14)15-8-11(17)16-6-1-2-7-16/h3-5,15H,1-2,6-8,14H2. The monoisotopic (exact) mass is 237 g/mol. The van der Waals surface area contributed by atoms with Gasteiger partial charge in [-0.15, -0.1) is 0 Å². The molecule has 17 heavy (non-hydrogen) atoms. The van der Waals surface area contributed by atoms with Gasteiger partial charge in [0.15, 0.2) is 0 Å². The molecular formula is C12H16FN3O. The zero-order valence-corrected chi connectivity index (χ0v) is 9.58. The van der Waals surface area contributed by atoms with Gasteiger partial charge in [-0.3, -0.25) is 4.79 Å². The number of hydrogen-bond donors (Lipinski definition) is 2. The Morgan fingerprint density at radius 1 is 1.41 bits per heavy atom. The molecule has 1 amide bonds. The van der Waals surface area contributed by atoms with E-state index in [1.54, 1.807) is 12.1 Å². The third kappa shape index (κ3) is 2.67. The highest BCUT2D eigenvalue weighted by molar-refractivity contribution is 5.82. The SMILES string of the molecule is Nc1c(F)cccc1NCC(=O)N1CCCC1. The number of benzene rings is 1. The molecule has 3 N–H and O–H groups in total. The maximum atomic E-state index is 13.1. The molecule has 1 aliphatic heterocycles. The fourth-order valence-corrected chi connectivity index (χ4v) is 1.94. The highest BCUT2D eigenvalue weighted by atomic mass is 19.1. The van der Waals surface area contributed by atoms with E-state index in [4.69, 9.17) is 5.73 Å². The number of rotatable bonds is 3. The van der Waals surface area contributed by atoms with E-state index in [2.05, 4.69) is 5.32 Å². The second-order valence-corrected chi connectivity index (χ2v) is 4.14. The first-order valence-electron chi connectivity index (χ1n) is 5.74. The van der Waals surface area contributed by atoms with Gasteiger partial charge in [0.1, 0.15) is 5.82 Å². The number of carbonyl (C=O) groups excluding carboxylic acids is 1. The van der Waals surface area contributed by atoms with Gasteiger partial charge in [-0.05, 0) is 25.0 Å². The van der Waals surface area contributed by atoms with Crippen molar-refractivity contribution in [3.8, 4) is 0 Å². The molecule has 0 radical (unpaired) electrons. The van der Waals surface area contributed by atoms with E-state index < -0.39 is 5.82 Å². The van der Waals surface area contributed by atoms with E-state index in [0.29, 0.717) is 5.69 Å². The van der Waals surface area contributed by atoms with Gasteiger partial charge in [0.05, 0.1) is 17.9 Å². The van der Waals surface area contributed by atoms with Gasteiger partial charge in [0, 0.05) is 13.1 Å². The summed E-state index contributed by atoms with van der Waals surface area (Å²) in [6.07, 6.45) is 2.13. The van der Waals surface area contributed by atoms with E-state index in [9.17, 15) is 9.18 Å². The van der Waals surface area contributed by atoms with E-state index in [1.165, 1.54) is 6.07 Å². The van der Waals surface area contributed by atoms with Crippen molar-refractivity contribution >= 4 is 17.3 Å². The van der Waals surface area contributed by atoms with Gasteiger partial charge in [0.25, 0.3) is 0 Å². The molecular weight excluding hydrogens is 221 g/mol. The number of carbonyl (C=O) groups is 1. The maximum Gasteiger partial charge on any atom is 0.241 e. The van der Waals surface area contributed by atoms with Crippen molar-refractivity contribution in [1.29, 1.82) is 0 Å². The lowest BCUT2D eigenvalue weighted by Gasteiger charge is -2.16. The van der Waals surface area contributed by atoms with Crippen molar-refractivity contribution in [3.05, 3.63) is 24.0 Å². The highest BCUT2D eigenvalue weighted by Gasteiger charge is 2.17. The van der Waals surface area contributed by atoms with Crippen LogP contribution in [0.3, 0.4) is 0 Å². The van der Waals surface area contributed by atoms with Crippen molar-refractivity contribution < 1.29 is 9.18 Å². The summed E-state index contributed by atoms with van der Waals surface area (Å²) in [4.78, 5) is 13.6. The summed E-state index contributed by atoms with van der Waals surface area (Å²) >= 11 is 0. The average Bonchev–Trinajstić information content (AvgIpc) is 2.84. The lowest BCUT2D eigenvalue weighted by Crippen LogP contribution is -2.33. The molecule has 0 spiro atoms. The molecule has 1 fully saturated rings. The zero-order chi connectivity index (χ0) is 12.3. The largest absolute Gasteiger partial charge is 0.395 e. The maximum absolute atomic E-state index is 13.1. The molecule has 92 valence electrons. The highest BCUT2D eigenvalue weighted by Crippen LogP contribution is 2.20. The summed E-state index contributed by atoms with van der Waals surface area (Å²) in [6, 6.07) is 4.52. The summed E-state index contributed by atoms with van der Waals surface area (Å²) in [5.41, 5.74) is 6.09. The Morgan fingerprint density at radius 3 is 2.82 bits per heavy atom. The summed E-state index contributed by atoms with van der Waals surface area (Å²) in [5, 5.41) is 2.87. The number of hydrogen-bond acceptors (Lipinski definition) is 3. The number of halogens is 1. The Labute approximate surface area is 99.6 Å². The minimum absolute atomic E-state index is 0.0335. The van der Waals surface area contributed by atoms with Crippen LogP contribution in [0.1, 0.15) is 12.8 Å². The van der Waals surface area contributed by atoms with Crippen LogP contribution in [-0.2, 0) is 4.79 Å². The number of para-hydroxylation sites is 1. The summed E-state index contributed by atoms with van der Waals surface area (Å²) in [5.74, 6) is -0.435. The summed E-state index contributed by atoms with van der Waals surface area (Å²) in [7, 11) is 0. The Morgan fingerprint density at radius 2 is 2.12 bits per heavy atom.